The standard InChI is InChI=1S/C12H19N3O2S/c1-14(2)18(16,17)15(12-7-8-12)11-5-3-10(9-13)4-6-11/h3-6,12H,7-9,13H2,1-2H3. The second-order valence-corrected chi connectivity index (χ2v) is 6.71. The Labute approximate surface area is 108 Å². The third-order valence-corrected chi connectivity index (χ3v) is 4.94. The number of hydrogen-bond acceptors (Lipinski definition) is 3. The van der Waals surface area contributed by atoms with Gasteiger partial charge in [-0.15, -0.1) is 0 Å². The van der Waals surface area contributed by atoms with Crippen molar-refractivity contribution in [3.63, 3.8) is 0 Å². The van der Waals surface area contributed by atoms with Crippen molar-refractivity contribution in [2.45, 2.75) is 25.4 Å². The number of nitrogens with two attached hydrogens (primary N) is 1. The maximum atomic E-state index is 12.3. The van der Waals surface area contributed by atoms with E-state index in [-0.39, 0.29) is 6.04 Å². The van der Waals surface area contributed by atoms with Gasteiger partial charge in [0.25, 0.3) is 0 Å². The number of rotatable bonds is 5. The molecule has 0 atom stereocenters. The van der Waals surface area contributed by atoms with E-state index in [4.69, 9.17) is 5.73 Å². The van der Waals surface area contributed by atoms with Crippen molar-refractivity contribution in [3.05, 3.63) is 29.8 Å². The van der Waals surface area contributed by atoms with Gasteiger partial charge in [0, 0.05) is 26.7 Å². The third-order valence-electron chi connectivity index (χ3n) is 3.02. The van der Waals surface area contributed by atoms with Gasteiger partial charge in [0.15, 0.2) is 0 Å². The summed E-state index contributed by atoms with van der Waals surface area (Å²) in [4.78, 5) is 0. The number of hydrogen-bond donors (Lipinski definition) is 1. The van der Waals surface area contributed by atoms with E-state index in [1.165, 1.54) is 8.61 Å². The van der Waals surface area contributed by atoms with Crippen molar-refractivity contribution in [1.82, 2.24) is 4.31 Å². The van der Waals surface area contributed by atoms with E-state index in [0.717, 1.165) is 18.4 Å². The average Bonchev–Trinajstić information content (AvgIpc) is 3.14. The topological polar surface area (TPSA) is 66.6 Å². The van der Waals surface area contributed by atoms with Gasteiger partial charge in [0.05, 0.1) is 5.69 Å². The van der Waals surface area contributed by atoms with Crippen LogP contribution >= 0.6 is 0 Å². The van der Waals surface area contributed by atoms with Gasteiger partial charge in [0.1, 0.15) is 0 Å². The van der Waals surface area contributed by atoms with E-state index >= 15 is 0 Å². The van der Waals surface area contributed by atoms with Crippen LogP contribution in [0.3, 0.4) is 0 Å². The van der Waals surface area contributed by atoms with Crippen molar-refractivity contribution in [1.29, 1.82) is 0 Å². The van der Waals surface area contributed by atoms with Crippen LogP contribution in [-0.2, 0) is 16.8 Å². The Bertz CT molecular complexity index is 507. The number of benzene rings is 1. The lowest BCUT2D eigenvalue weighted by molar-refractivity contribution is 0.515. The maximum absolute atomic E-state index is 12.3. The van der Waals surface area contributed by atoms with Crippen LogP contribution in [0.2, 0.25) is 0 Å². The van der Waals surface area contributed by atoms with E-state index in [2.05, 4.69) is 0 Å². The minimum atomic E-state index is -3.41. The van der Waals surface area contributed by atoms with Gasteiger partial charge in [-0.05, 0) is 30.5 Å². The highest BCUT2D eigenvalue weighted by Gasteiger charge is 2.38. The molecule has 1 fully saturated rings. The van der Waals surface area contributed by atoms with Crippen LogP contribution in [0.25, 0.3) is 0 Å². The van der Waals surface area contributed by atoms with Crippen molar-refractivity contribution < 1.29 is 8.42 Å². The molecule has 1 saturated carbocycles. The van der Waals surface area contributed by atoms with Crippen molar-refractivity contribution in [2.75, 3.05) is 18.4 Å². The van der Waals surface area contributed by atoms with Crippen LogP contribution in [0.5, 0.6) is 0 Å². The van der Waals surface area contributed by atoms with Crippen LogP contribution in [0.1, 0.15) is 18.4 Å². The van der Waals surface area contributed by atoms with Gasteiger partial charge in [-0.3, -0.25) is 4.31 Å². The summed E-state index contributed by atoms with van der Waals surface area (Å²) in [7, 11) is -0.304. The first-order chi connectivity index (χ1) is 8.46. The predicted octanol–water partition coefficient (Wildman–Crippen LogP) is 0.920. The molecule has 1 aliphatic carbocycles. The Kier molecular flexibility index (Phi) is 3.61. The third kappa shape index (κ3) is 2.50. The summed E-state index contributed by atoms with van der Waals surface area (Å²) in [6.45, 7) is 0.462. The van der Waals surface area contributed by atoms with Gasteiger partial charge in [-0.25, -0.2) is 0 Å². The average molecular weight is 269 g/mol. The van der Waals surface area contributed by atoms with Crippen LogP contribution < -0.4 is 10.0 Å². The zero-order valence-electron chi connectivity index (χ0n) is 10.7. The predicted molar refractivity (Wildman–Crippen MR) is 72.4 cm³/mol. The highest BCUT2D eigenvalue weighted by atomic mass is 32.2. The molecule has 2 rings (SSSR count). The summed E-state index contributed by atoms with van der Waals surface area (Å²) in [5.74, 6) is 0. The highest BCUT2D eigenvalue weighted by molar-refractivity contribution is 7.90. The second-order valence-electron chi connectivity index (χ2n) is 4.69. The van der Waals surface area contributed by atoms with Crippen LogP contribution in [-0.4, -0.2) is 32.9 Å². The first-order valence-corrected chi connectivity index (χ1v) is 7.37. The Morgan fingerprint density at radius 1 is 1.22 bits per heavy atom. The number of anilines is 1. The maximum Gasteiger partial charge on any atom is 0.303 e. The molecule has 6 heteroatoms. The Morgan fingerprint density at radius 2 is 1.78 bits per heavy atom. The molecule has 0 heterocycles. The molecule has 2 N–H and O–H groups in total. The normalized spacial score (nSPS) is 16.0. The van der Waals surface area contributed by atoms with Crippen molar-refractivity contribution >= 4 is 15.9 Å². The lowest BCUT2D eigenvalue weighted by Gasteiger charge is -2.27. The van der Waals surface area contributed by atoms with E-state index in [9.17, 15) is 8.42 Å². The SMILES string of the molecule is CN(C)S(=O)(=O)N(c1ccc(CN)cc1)C1CC1. The van der Waals surface area contributed by atoms with E-state index in [1.807, 2.05) is 24.3 Å². The van der Waals surface area contributed by atoms with Gasteiger partial charge in [-0.2, -0.15) is 12.7 Å². The Hall–Kier alpha value is -1.11. The lowest BCUT2D eigenvalue weighted by Crippen LogP contribution is -2.41. The minimum absolute atomic E-state index is 0.0983. The second kappa shape index (κ2) is 4.87. The van der Waals surface area contributed by atoms with Gasteiger partial charge >= 0.3 is 10.2 Å². The molecule has 0 spiro atoms. The van der Waals surface area contributed by atoms with E-state index in [1.54, 1.807) is 14.1 Å². The molecule has 18 heavy (non-hydrogen) atoms. The highest BCUT2D eigenvalue weighted by Crippen LogP contribution is 2.34. The fraction of sp³-hybridized carbons (Fsp3) is 0.500. The smallest absolute Gasteiger partial charge is 0.303 e. The van der Waals surface area contributed by atoms with Crippen molar-refractivity contribution in [2.24, 2.45) is 5.73 Å². The molecule has 1 aromatic rings. The van der Waals surface area contributed by atoms with E-state index in [0.29, 0.717) is 12.2 Å². The molecule has 0 aromatic heterocycles. The summed E-state index contributed by atoms with van der Waals surface area (Å²) in [5, 5.41) is 0. The number of nitrogens with zero attached hydrogens (tertiary/aromatic N) is 2. The van der Waals surface area contributed by atoms with E-state index < -0.39 is 10.2 Å². The monoisotopic (exact) mass is 269 g/mol. The molecule has 0 aliphatic heterocycles. The first-order valence-electron chi connectivity index (χ1n) is 5.97. The molecular weight excluding hydrogens is 250 g/mol. The van der Waals surface area contributed by atoms with Gasteiger partial charge in [-0.1, -0.05) is 12.1 Å². The molecule has 0 saturated heterocycles. The molecule has 100 valence electrons. The van der Waals surface area contributed by atoms with Crippen molar-refractivity contribution in [3.8, 4) is 0 Å². The molecule has 0 bridgehead atoms. The fourth-order valence-corrected chi connectivity index (χ4v) is 3.12. The molecule has 1 aromatic carbocycles. The molecule has 1 aliphatic rings. The quantitative estimate of drug-likeness (QED) is 0.864. The van der Waals surface area contributed by atoms with Gasteiger partial charge < -0.3 is 5.73 Å². The molecule has 0 unspecified atom stereocenters. The molecular formula is C12H19N3O2S. The first kappa shape index (κ1) is 13.3. The summed E-state index contributed by atoms with van der Waals surface area (Å²) in [6, 6.07) is 7.48. The lowest BCUT2D eigenvalue weighted by atomic mass is 10.2. The van der Waals surface area contributed by atoms with Gasteiger partial charge in [0.2, 0.25) is 0 Å². The van der Waals surface area contributed by atoms with Crippen LogP contribution in [0.4, 0.5) is 5.69 Å². The van der Waals surface area contributed by atoms with Crippen LogP contribution in [0, 0.1) is 0 Å². The zero-order chi connectivity index (χ0) is 13.3. The summed E-state index contributed by atoms with van der Waals surface area (Å²) >= 11 is 0. The largest absolute Gasteiger partial charge is 0.326 e. The minimum Gasteiger partial charge on any atom is -0.326 e. The Balaban J connectivity index is 2.36. The Morgan fingerprint density at radius 3 is 2.17 bits per heavy atom. The summed E-state index contributed by atoms with van der Waals surface area (Å²) < 4.78 is 27.3. The molecule has 0 radical (unpaired) electrons. The summed E-state index contributed by atoms with van der Waals surface area (Å²) in [5.41, 5.74) is 7.25. The fourth-order valence-electron chi connectivity index (χ4n) is 1.80. The van der Waals surface area contributed by atoms with Crippen LogP contribution in [0.15, 0.2) is 24.3 Å². The molecule has 0 amide bonds. The molecule has 5 nitrogen and oxygen atoms in total. The summed E-state index contributed by atoms with van der Waals surface area (Å²) in [6.07, 6.45) is 1.84. The zero-order valence-corrected chi connectivity index (χ0v) is 11.5.